The number of pyridine rings is 1. The largest absolute Gasteiger partial charge is 0.352 e. The standard InChI is InChI=1S/C20H20FN7O/c21-15-5-1-2-6-16(15)23-20(29)28-13-11-27(12-14-28)19-9-8-18(25-26-19)24-17-7-3-4-10-22-17/h1-10H,11-14H2,(H,23,29)(H,22,24,25). The number of hydrogen-bond acceptors (Lipinski definition) is 6. The van der Waals surface area contributed by atoms with Crippen LogP contribution in [0.1, 0.15) is 0 Å². The third-order valence-corrected chi connectivity index (χ3v) is 4.58. The number of carbonyl (C=O) groups excluding carboxylic acids is 1. The second-order valence-corrected chi connectivity index (χ2v) is 6.50. The maximum atomic E-state index is 13.7. The predicted molar refractivity (Wildman–Crippen MR) is 109 cm³/mol. The lowest BCUT2D eigenvalue weighted by Crippen LogP contribution is -2.50. The van der Waals surface area contributed by atoms with Crippen LogP contribution in [0.25, 0.3) is 0 Å². The number of piperazine rings is 1. The van der Waals surface area contributed by atoms with E-state index in [1.165, 1.54) is 6.07 Å². The summed E-state index contributed by atoms with van der Waals surface area (Å²) in [5.41, 5.74) is 0.182. The molecule has 1 fully saturated rings. The Morgan fingerprint density at radius 2 is 1.69 bits per heavy atom. The molecular formula is C20H20FN7O. The Kier molecular flexibility index (Phi) is 5.46. The van der Waals surface area contributed by atoms with Crippen molar-refractivity contribution in [1.82, 2.24) is 20.1 Å². The first-order valence-electron chi connectivity index (χ1n) is 9.26. The Bertz CT molecular complexity index is 960. The van der Waals surface area contributed by atoms with E-state index in [4.69, 9.17) is 0 Å². The molecule has 148 valence electrons. The third-order valence-electron chi connectivity index (χ3n) is 4.58. The molecule has 1 aromatic carbocycles. The van der Waals surface area contributed by atoms with Crippen molar-refractivity contribution in [3.8, 4) is 0 Å². The number of amides is 2. The number of carbonyl (C=O) groups is 1. The summed E-state index contributed by atoms with van der Waals surface area (Å²) in [4.78, 5) is 20.3. The minimum absolute atomic E-state index is 0.182. The van der Waals surface area contributed by atoms with Gasteiger partial charge in [0.05, 0.1) is 5.69 Å². The number of halogens is 1. The fraction of sp³-hybridized carbons (Fsp3) is 0.200. The summed E-state index contributed by atoms with van der Waals surface area (Å²) in [6.45, 7) is 2.25. The Balaban J connectivity index is 1.31. The zero-order chi connectivity index (χ0) is 20.1. The monoisotopic (exact) mass is 393 g/mol. The molecule has 4 rings (SSSR count). The van der Waals surface area contributed by atoms with Gasteiger partial charge < -0.3 is 20.4 Å². The first-order chi connectivity index (χ1) is 14.2. The molecule has 3 aromatic rings. The minimum atomic E-state index is -0.450. The molecule has 0 radical (unpaired) electrons. The summed E-state index contributed by atoms with van der Waals surface area (Å²) in [5.74, 6) is 1.60. The maximum Gasteiger partial charge on any atom is 0.322 e. The average molecular weight is 393 g/mol. The minimum Gasteiger partial charge on any atom is -0.352 e. The molecule has 2 aromatic heterocycles. The smallest absolute Gasteiger partial charge is 0.322 e. The van der Waals surface area contributed by atoms with Crippen molar-refractivity contribution in [2.24, 2.45) is 0 Å². The Morgan fingerprint density at radius 3 is 2.38 bits per heavy atom. The first kappa shape index (κ1) is 18.6. The van der Waals surface area contributed by atoms with E-state index in [1.54, 1.807) is 29.3 Å². The molecule has 29 heavy (non-hydrogen) atoms. The van der Waals surface area contributed by atoms with Gasteiger partial charge in [-0.2, -0.15) is 0 Å². The highest BCUT2D eigenvalue weighted by atomic mass is 19.1. The van der Waals surface area contributed by atoms with Crippen molar-refractivity contribution in [3.63, 3.8) is 0 Å². The summed E-state index contributed by atoms with van der Waals surface area (Å²) in [6, 6.07) is 15.1. The van der Waals surface area contributed by atoms with Crippen LogP contribution in [0.4, 0.5) is 32.3 Å². The SMILES string of the molecule is O=C(Nc1ccccc1F)N1CCN(c2ccc(Nc3ccccn3)nn2)CC1. The summed E-state index contributed by atoms with van der Waals surface area (Å²) >= 11 is 0. The molecule has 0 saturated carbocycles. The Morgan fingerprint density at radius 1 is 0.897 bits per heavy atom. The number of urea groups is 1. The summed E-state index contributed by atoms with van der Waals surface area (Å²) in [6.07, 6.45) is 1.70. The number of para-hydroxylation sites is 1. The van der Waals surface area contributed by atoms with Crippen LogP contribution in [0.2, 0.25) is 0 Å². The molecule has 1 aliphatic heterocycles. The predicted octanol–water partition coefficient (Wildman–Crippen LogP) is 3.11. The van der Waals surface area contributed by atoms with Crippen LogP contribution < -0.4 is 15.5 Å². The van der Waals surface area contributed by atoms with Crippen LogP contribution in [-0.2, 0) is 0 Å². The zero-order valence-corrected chi connectivity index (χ0v) is 15.6. The molecule has 3 heterocycles. The van der Waals surface area contributed by atoms with Crippen molar-refractivity contribution in [3.05, 3.63) is 66.6 Å². The van der Waals surface area contributed by atoms with Crippen LogP contribution in [0.15, 0.2) is 60.8 Å². The number of hydrogen-bond donors (Lipinski definition) is 2. The molecule has 0 bridgehead atoms. The van der Waals surface area contributed by atoms with Gasteiger partial charge in [-0.1, -0.05) is 18.2 Å². The number of nitrogens with zero attached hydrogens (tertiary/aromatic N) is 5. The van der Waals surface area contributed by atoms with E-state index < -0.39 is 5.82 Å². The lowest BCUT2D eigenvalue weighted by molar-refractivity contribution is 0.208. The van der Waals surface area contributed by atoms with Gasteiger partial charge in [0.15, 0.2) is 11.6 Å². The molecule has 0 aliphatic carbocycles. The van der Waals surface area contributed by atoms with E-state index in [9.17, 15) is 9.18 Å². The van der Waals surface area contributed by atoms with Crippen molar-refractivity contribution in [2.75, 3.05) is 41.7 Å². The van der Waals surface area contributed by atoms with Gasteiger partial charge in [0, 0.05) is 32.4 Å². The molecule has 2 amide bonds. The second-order valence-electron chi connectivity index (χ2n) is 6.50. The highest BCUT2D eigenvalue weighted by Crippen LogP contribution is 2.18. The lowest BCUT2D eigenvalue weighted by Gasteiger charge is -2.35. The van der Waals surface area contributed by atoms with Crippen molar-refractivity contribution in [1.29, 1.82) is 0 Å². The van der Waals surface area contributed by atoms with E-state index in [1.807, 2.05) is 30.3 Å². The van der Waals surface area contributed by atoms with Crippen LogP contribution in [0.3, 0.4) is 0 Å². The molecule has 1 saturated heterocycles. The van der Waals surface area contributed by atoms with E-state index in [2.05, 4.69) is 30.7 Å². The molecule has 0 spiro atoms. The number of aromatic nitrogens is 3. The molecule has 0 unspecified atom stereocenters. The zero-order valence-electron chi connectivity index (χ0n) is 15.6. The van der Waals surface area contributed by atoms with Crippen molar-refractivity contribution < 1.29 is 9.18 Å². The second kappa shape index (κ2) is 8.51. The van der Waals surface area contributed by atoms with Gasteiger partial charge in [-0.3, -0.25) is 0 Å². The fourth-order valence-corrected chi connectivity index (χ4v) is 3.02. The van der Waals surface area contributed by atoms with E-state index in [0.717, 1.165) is 5.82 Å². The number of anilines is 4. The summed E-state index contributed by atoms with van der Waals surface area (Å²) in [5, 5.41) is 14.2. The molecule has 8 nitrogen and oxygen atoms in total. The van der Waals surface area contributed by atoms with Crippen LogP contribution in [-0.4, -0.2) is 52.3 Å². The molecule has 2 N–H and O–H groups in total. The quantitative estimate of drug-likeness (QED) is 0.708. The normalized spacial score (nSPS) is 13.8. The summed E-state index contributed by atoms with van der Waals surface area (Å²) in [7, 11) is 0. The fourth-order valence-electron chi connectivity index (χ4n) is 3.02. The highest BCUT2D eigenvalue weighted by molar-refractivity contribution is 5.89. The average Bonchev–Trinajstić information content (AvgIpc) is 2.77. The van der Waals surface area contributed by atoms with Crippen molar-refractivity contribution in [2.45, 2.75) is 0 Å². The van der Waals surface area contributed by atoms with E-state index >= 15 is 0 Å². The Hall–Kier alpha value is -3.75. The van der Waals surface area contributed by atoms with Gasteiger partial charge in [-0.25, -0.2) is 14.2 Å². The molecule has 1 aliphatic rings. The summed E-state index contributed by atoms with van der Waals surface area (Å²) < 4.78 is 13.7. The molecular weight excluding hydrogens is 373 g/mol. The van der Waals surface area contributed by atoms with Gasteiger partial charge in [-0.15, -0.1) is 10.2 Å². The van der Waals surface area contributed by atoms with Gasteiger partial charge in [0.25, 0.3) is 0 Å². The lowest BCUT2D eigenvalue weighted by atomic mass is 10.3. The molecule has 0 atom stereocenters. The third kappa shape index (κ3) is 4.57. The highest BCUT2D eigenvalue weighted by Gasteiger charge is 2.22. The van der Waals surface area contributed by atoms with Gasteiger partial charge >= 0.3 is 6.03 Å². The van der Waals surface area contributed by atoms with Gasteiger partial charge in [0.2, 0.25) is 0 Å². The van der Waals surface area contributed by atoms with Gasteiger partial charge in [-0.05, 0) is 36.4 Å². The van der Waals surface area contributed by atoms with Crippen LogP contribution >= 0.6 is 0 Å². The van der Waals surface area contributed by atoms with Crippen molar-refractivity contribution >= 4 is 29.2 Å². The maximum absolute atomic E-state index is 13.7. The number of benzene rings is 1. The Labute approximate surface area is 167 Å². The topological polar surface area (TPSA) is 86.3 Å². The van der Waals surface area contributed by atoms with E-state index in [-0.39, 0.29) is 11.7 Å². The molecule has 9 heteroatoms. The number of nitrogens with one attached hydrogen (secondary N) is 2. The van der Waals surface area contributed by atoms with Gasteiger partial charge in [0.1, 0.15) is 11.6 Å². The van der Waals surface area contributed by atoms with E-state index in [0.29, 0.717) is 37.8 Å². The number of rotatable bonds is 4. The van der Waals surface area contributed by atoms with Crippen LogP contribution in [0.5, 0.6) is 0 Å². The first-order valence-corrected chi connectivity index (χ1v) is 9.26. The van der Waals surface area contributed by atoms with Crippen LogP contribution in [0, 0.1) is 5.82 Å².